The number of rotatable bonds is 14. The van der Waals surface area contributed by atoms with Gasteiger partial charge in [-0.15, -0.1) is 0 Å². The summed E-state index contributed by atoms with van der Waals surface area (Å²) in [7, 11) is 0. The second-order valence-corrected chi connectivity index (χ2v) is 23.3. The Morgan fingerprint density at radius 3 is 0.758 bits per heavy atom. The molecule has 0 unspecified atom stereocenters. The third-order valence-electron chi connectivity index (χ3n) is 17.5. The molecule has 0 bridgehead atoms. The first-order chi connectivity index (χ1) is 45.1. The molecule has 0 saturated heterocycles. The fourth-order valence-corrected chi connectivity index (χ4v) is 13.1. The molecule has 14 aromatic carbocycles. The summed E-state index contributed by atoms with van der Waals surface area (Å²) in [6, 6.07) is 113. The van der Waals surface area contributed by atoms with Crippen molar-refractivity contribution >= 4 is 114 Å². The molecule has 16 rings (SSSR count). The molecule has 3 nitrogen and oxygen atoms in total. The first-order valence-electron chi connectivity index (χ1n) is 31.1. The quantitative estimate of drug-likeness (QED) is 0.0993. The molecule has 3 heteroatoms. The molecule has 0 fully saturated rings. The Bertz CT molecular complexity index is 4940. The molecule has 0 radical (unpaired) electrons. The number of ether oxygens (including phenoxy) is 1. The van der Waals surface area contributed by atoms with Crippen molar-refractivity contribution in [2.75, 3.05) is 0 Å². The second kappa shape index (κ2) is 23.9. The maximum atomic E-state index is 6.60. The minimum absolute atomic E-state index is 0.776. The molecule has 0 saturated carbocycles. The third kappa shape index (κ3) is 10.8. The summed E-state index contributed by atoms with van der Waals surface area (Å²) in [4.78, 5) is 0. The molecule has 0 aliphatic carbocycles. The van der Waals surface area contributed by atoms with Crippen LogP contribution in [-0.2, 0) is 0 Å². The average Bonchev–Trinajstić information content (AvgIpc) is 1.63. The summed E-state index contributed by atoms with van der Waals surface area (Å²) in [6.07, 6.45) is 17.6. The van der Waals surface area contributed by atoms with E-state index in [0.717, 1.165) is 89.4 Å². The van der Waals surface area contributed by atoms with E-state index in [-0.39, 0.29) is 0 Å². The molecule has 16 aromatic rings. The fourth-order valence-electron chi connectivity index (χ4n) is 13.1. The van der Waals surface area contributed by atoms with Crippen LogP contribution in [0.3, 0.4) is 0 Å². The van der Waals surface area contributed by atoms with E-state index in [4.69, 9.17) is 4.74 Å². The van der Waals surface area contributed by atoms with Crippen LogP contribution >= 0.6 is 0 Å². The lowest BCUT2D eigenvalue weighted by molar-refractivity contribution is 0.483. The van der Waals surface area contributed by atoms with E-state index in [9.17, 15) is 0 Å². The zero-order valence-corrected chi connectivity index (χ0v) is 49.9. The Morgan fingerprint density at radius 2 is 0.462 bits per heavy atom. The fraction of sp³-hybridized carbons (Fsp3) is 0. The Hall–Kier alpha value is -12.0. The predicted octanol–water partition coefficient (Wildman–Crippen LogP) is 24.0. The predicted molar refractivity (Wildman–Crippen MR) is 389 cm³/mol. The SMILES string of the molecule is C(=C\c1ccc2c(c1)c1cc(/C=C/c3ccccc3)ccc1n2-c1ccc(-c2ccc(Oc3ccc(-c4ccc(-n5c6ccc(/C=C/c7ccccc7)cc6c6cc(/C=C/c7ccccc7)ccc65)c5ccccc45)cc3)cc2)c2ccccc12)/c1ccccc1. The molecule has 0 aliphatic rings. The number of aromatic nitrogens is 2. The molecule has 0 amide bonds. The zero-order valence-electron chi connectivity index (χ0n) is 49.9. The molecular formula is C88H60N2O. The largest absolute Gasteiger partial charge is 0.457 e. The first kappa shape index (κ1) is 54.4. The summed E-state index contributed by atoms with van der Waals surface area (Å²) in [5, 5.41) is 9.56. The van der Waals surface area contributed by atoms with Crippen molar-refractivity contribution in [3.05, 3.63) is 360 Å². The van der Waals surface area contributed by atoms with Crippen molar-refractivity contribution in [3.63, 3.8) is 0 Å². The van der Waals surface area contributed by atoms with Gasteiger partial charge in [-0.05, 0) is 162 Å². The van der Waals surface area contributed by atoms with Crippen molar-refractivity contribution in [1.82, 2.24) is 9.13 Å². The molecule has 428 valence electrons. The van der Waals surface area contributed by atoms with E-state index in [1.165, 1.54) is 65.3 Å². The van der Waals surface area contributed by atoms with E-state index in [0.29, 0.717) is 0 Å². The van der Waals surface area contributed by atoms with Crippen LogP contribution in [0.5, 0.6) is 11.5 Å². The van der Waals surface area contributed by atoms with E-state index in [1.807, 2.05) is 0 Å². The first-order valence-corrected chi connectivity index (χ1v) is 31.1. The van der Waals surface area contributed by atoms with Crippen molar-refractivity contribution in [3.8, 4) is 45.1 Å². The standard InChI is InChI=1S/C88H60N2O/c1-5-17-61(18-6-1)29-33-65-37-51-85-79(57-65)80-58-66(34-30-62-19-7-2-8-20-62)38-52-86(80)89(85)83-55-49-73(75-25-13-15-27-77(75)83)69-41-45-71(46-42-69)91-72-47-43-70(44-48-72)74-50-56-84(78-28-16-14-26-76(74)78)90-87-53-39-67(35-31-63-21-9-3-10-22-63)59-81(87)82-60-68(40-54-88(82)90)36-32-64-23-11-4-12-24-64/h1-60H/b33-29+,34-30+,35-31+,36-32+. The van der Waals surface area contributed by atoms with Crippen molar-refractivity contribution in [2.24, 2.45) is 0 Å². The van der Waals surface area contributed by atoms with Gasteiger partial charge in [-0.3, -0.25) is 0 Å². The van der Waals surface area contributed by atoms with Crippen molar-refractivity contribution in [1.29, 1.82) is 0 Å². The van der Waals surface area contributed by atoms with Gasteiger partial charge in [0, 0.05) is 32.3 Å². The van der Waals surface area contributed by atoms with Crippen LogP contribution in [0.4, 0.5) is 0 Å². The summed E-state index contributed by atoms with van der Waals surface area (Å²) in [6.45, 7) is 0. The Morgan fingerprint density at radius 1 is 0.198 bits per heavy atom. The van der Waals surface area contributed by atoms with Crippen LogP contribution in [0.15, 0.2) is 315 Å². The average molecular weight is 1160 g/mol. The van der Waals surface area contributed by atoms with Crippen LogP contribution in [-0.4, -0.2) is 9.13 Å². The van der Waals surface area contributed by atoms with Gasteiger partial charge in [-0.1, -0.05) is 279 Å². The zero-order chi connectivity index (χ0) is 60.5. The van der Waals surface area contributed by atoms with E-state index < -0.39 is 0 Å². The Balaban J connectivity index is 0.690. The highest BCUT2D eigenvalue weighted by Gasteiger charge is 2.20. The third-order valence-corrected chi connectivity index (χ3v) is 17.5. The number of fused-ring (bicyclic) bond motifs is 8. The van der Waals surface area contributed by atoms with Gasteiger partial charge in [0.25, 0.3) is 0 Å². The second-order valence-electron chi connectivity index (χ2n) is 23.3. The van der Waals surface area contributed by atoms with Gasteiger partial charge in [0.15, 0.2) is 0 Å². The van der Waals surface area contributed by atoms with Crippen LogP contribution in [0.25, 0.3) is 147 Å². The van der Waals surface area contributed by atoms with Gasteiger partial charge in [-0.2, -0.15) is 0 Å². The van der Waals surface area contributed by atoms with Gasteiger partial charge in [-0.25, -0.2) is 0 Å². The van der Waals surface area contributed by atoms with Gasteiger partial charge >= 0.3 is 0 Å². The van der Waals surface area contributed by atoms with Gasteiger partial charge < -0.3 is 13.9 Å². The van der Waals surface area contributed by atoms with Crippen LogP contribution in [0, 0.1) is 0 Å². The van der Waals surface area contributed by atoms with E-state index in [1.54, 1.807) is 0 Å². The number of hydrogen-bond donors (Lipinski definition) is 0. The molecule has 0 N–H and O–H groups in total. The lowest BCUT2D eigenvalue weighted by Gasteiger charge is -2.16. The normalized spacial score (nSPS) is 12.0. The number of benzene rings is 14. The molecule has 0 aliphatic heterocycles. The maximum Gasteiger partial charge on any atom is 0.127 e. The van der Waals surface area contributed by atoms with Crippen LogP contribution in [0.2, 0.25) is 0 Å². The van der Waals surface area contributed by atoms with Crippen LogP contribution < -0.4 is 4.74 Å². The highest BCUT2D eigenvalue weighted by Crippen LogP contribution is 2.42. The Kier molecular flexibility index (Phi) is 14.3. The number of hydrogen-bond acceptors (Lipinski definition) is 1. The van der Waals surface area contributed by atoms with Crippen LogP contribution in [0.1, 0.15) is 44.5 Å². The van der Waals surface area contributed by atoms with Gasteiger partial charge in [0.05, 0.1) is 33.4 Å². The molecule has 91 heavy (non-hydrogen) atoms. The molecule has 0 atom stereocenters. The summed E-state index contributed by atoms with van der Waals surface area (Å²) in [5.74, 6) is 1.55. The minimum Gasteiger partial charge on any atom is -0.457 e. The molecule has 2 heterocycles. The molecular weight excluding hydrogens is 1100 g/mol. The highest BCUT2D eigenvalue weighted by atomic mass is 16.5. The summed E-state index contributed by atoms with van der Waals surface area (Å²) in [5.41, 5.74) is 20.8. The Labute approximate surface area is 529 Å². The maximum absolute atomic E-state index is 6.60. The van der Waals surface area contributed by atoms with Gasteiger partial charge in [0.1, 0.15) is 11.5 Å². The van der Waals surface area contributed by atoms with E-state index in [2.05, 4.69) is 373 Å². The number of nitrogens with zero attached hydrogens (tertiary/aromatic N) is 2. The van der Waals surface area contributed by atoms with Crippen molar-refractivity contribution in [2.45, 2.75) is 0 Å². The lowest BCUT2D eigenvalue weighted by Crippen LogP contribution is -1.96. The highest BCUT2D eigenvalue weighted by molar-refractivity contribution is 6.14. The lowest BCUT2D eigenvalue weighted by atomic mass is 9.96. The van der Waals surface area contributed by atoms with E-state index >= 15 is 0 Å². The van der Waals surface area contributed by atoms with Crippen molar-refractivity contribution < 1.29 is 4.74 Å². The molecule has 0 spiro atoms. The molecule has 2 aromatic heterocycles. The monoisotopic (exact) mass is 1160 g/mol. The summed E-state index contributed by atoms with van der Waals surface area (Å²) >= 11 is 0. The minimum atomic E-state index is 0.776. The topological polar surface area (TPSA) is 19.1 Å². The van der Waals surface area contributed by atoms with Gasteiger partial charge in [0.2, 0.25) is 0 Å². The summed E-state index contributed by atoms with van der Waals surface area (Å²) < 4.78 is 11.5. The smallest absolute Gasteiger partial charge is 0.127 e.